The number of fused-ring (bicyclic) bond motifs is 1. The lowest BCUT2D eigenvalue weighted by molar-refractivity contribution is 0.0468. The van der Waals surface area contributed by atoms with Crippen molar-refractivity contribution in [2.75, 3.05) is 12.3 Å². The van der Waals surface area contributed by atoms with Crippen LogP contribution >= 0.6 is 0 Å². The summed E-state index contributed by atoms with van der Waals surface area (Å²) in [6.45, 7) is -0.822. The maximum atomic E-state index is 12.9. The normalized spacial score (nSPS) is 10.9. The van der Waals surface area contributed by atoms with Crippen LogP contribution < -0.4 is 22.5 Å². The number of nitrogen functional groups attached to an aromatic ring is 1. The van der Waals surface area contributed by atoms with Crippen molar-refractivity contribution in [2.45, 2.75) is 0 Å². The molecular formula is C23H19N5O6. The molecular weight excluding hydrogens is 442 g/mol. The van der Waals surface area contributed by atoms with Crippen LogP contribution in [0.4, 0.5) is 5.82 Å². The fourth-order valence-electron chi connectivity index (χ4n) is 3.48. The van der Waals surface area contributed by atoms with Crippen LogP contribution in [0.25, 0.3) is 16.5 Å². The standard InChI is InChI=1S/C23H19N5O6/c1-26-19(24)17(21(31)27(2)23(26)33)16(29)12-34-22(32)18-14-10-6-7-11-15(14)20(30)28(25-18)13-8-4-3-5-9-13/h3-11H,12,24H2,1-2H3. The number of nitrogens with zero attached hydrogens (tertiary/aromatic N) is 4. The average molecular weight is 461 g/mol. The highest BCUT2D eigenvalue weighted by atomic mass is 16.5. The van der Waals surface area contributed by atoms with Gasteiger partial charge in [-0.2, -0.15) is 9.78 Å². The molecule has 0 aliphatic carbocycles. The maximum absolute atomic E-state index is 12.9. The molecule has 0 saturated heterocycles. The molecule has 172 valence electrons. The van der Waals surface area contributed by atoms with Crippen molar-refractivity contribution >= 4 is 28.3 Å². The van der Waals surface area contributed by atoms with E-state index < -0.39 is 40.7 Å². The quantitative estimate of drug-likeness (QED) is 0.332. The van der Waals surface area contributed by atoms with Crippen molar-refractivity contribution in [2.24, 2.45) is 14.1 Å². The van der Waals surface area contributed by atoms with Crippen LogP contribution in [0.5, 0.6) is 0 Å². The van der Waals surface area contributed by atoms with Gasteiger partial charge in [0.25, 0.3) is 11.1 Å². The second-order valence-corrected chi connectivity index (χ2v) is 7.41. The van der Waals surface area contributed by atoms with Crippen LogP contribution in [0.3, 0.4) is 0 Å². The molecule has 0 spiro atoms. The number of rotatable bonds is 5. The van der Waals surface area contributed by atoms with E-state index in [4.69, 9.17) is 10.5 Å². The summed E-state index contributed by atoms with van der Waals surface area (Å²) in [5.41, 5.74) is 3.53. The zero-order valence-electron chi connectivity index (χ0n) is 18.2. The molecule has 0 atom stereocenters. The Kier molecular flexibility index (Phi) is 5.68. The number of carbonyl (C=O) groups is 2. The van der Waals surface area contributed by atoms with Gasteiger partial charge in [-0.25, -0.2) is 9.59 Å². The molecule has 2 aromatic heterocycles. The summed E-state index contributed by atoms with van der Waals surface area (Å²) in [5, 5.41) is 4.66. The monoisotopic (exact) mass is 461 g/mol. The summed E-state index contributed by atoms with van der Waals surface area (Å²) in [6.07, 6.45) is 0. The van der Waals surface area contributed by atoms with Gasteiger partial charge in [-0.15, -0.1) is 0 Å². The summed E-state index contributed by atoms with van der Waals surface area (Å²) in [4.78, 5) is 62.9. The number of carbonyl (C=O) groups excluding carboxylic acids is 2. The summed E-state index contributed by atoms with van der Waals surface area (Å²) in [7, 11) is 2.51. The fraction of sp³-hybridized carbons (Fsp3) is 0.130. The number of hydrogen-bond donors (Lipinski definition) is 1. The van der Waals surface area contributed by atoms with Gasteiger partial charge in [-0.05, 0) is 18.2 Å². The largest absolute Gasteiger partial charge is 0.452 e. The van der Waals surface area contributed by atoms with E-state index in [9.17, 15) is 24.0 Å². The van der Waals surface area contributed by atoms with Crippen LogP contribution in [-0.2, 0) is 18.8 Å². The first-order valence-electron chi connectivity index (χ1n) is 10.1. The number of esters is 1. The van der Waals surface area contributed by atoms with Gasteiger partial charge in [0.15, 0.2) is 12.3 Å². The van der Waals surface area contributed by atoms with Gasteiger partial charge in [0, 0.05) is 19.5 Å². The lowest BCUT2D eigenvalue weighted by Gasteiger charge is -2.12. The Labute approximate surface area is 191 Å². The Balaban J connectivity index is 1.72. The topological polar surface area (TPSA) is 148 Å². The van der Waals surface area contributed by atoms with Crippen LogP contribution in [0, 0.1) is 0 Å². The van der Waals surface area contributed by atoms with Gasteiger partial charge in [-0.1, -0.05) is 36.4 Å². The highest BCUT2D eigenvalue weighted by Crippen LogP contribution is 2.16. The molecule has 0 aliphatic heterocycles. The summed E-state index contributed by atoms with van der Waals surface area (Å²) >= 11 is 0. The van der Waals surface area contributed by atoms with Gasteiger partial charge < -0.3 is 10.5 Å². The number of Topliss-reactive ketones (excluding diaryl/α,β-unsaturated/α-hetero) is 1. The highest BCUT2D eigenvalue weighted by molar-refractivity contribution is 6.05. The molecule has 0 bridgehead atoms. The molecule has 0 saturated carbocycles. The summed E-state index contributed by atoms with van der Waals surface area (Å²) in [5.74, 6) is -2.20. The third-order valence-electron chi connectivity index (χ3n) is 5.32. The minimum absolute atomic E-state index is 0.187. The number of hydrogen-bond acceptors (Lipinski definition) is 8. The SMILES string of the molecule is Cn1c(N)c(C(=O)COC(=O)c2nn(-c3ccccc3)c(=O)c3ccccc23)c(=O)n(C)c1=O. The van der Waals surface area contributed by atoms with E-state index in [1.54, 1.807) is 48.5 Å². The number of ether oxygens (including phenoxy) is 1. The maximum Gasteiger partial charge on any atom is 0.359 e. The zero-order chi connectivity index (χ0) is 24.6. The third kappa shape index (κ3) is 3.68. The van der Waals surface area contributed by atoms with E-state index in [1.807, 2.05) is 0 Å². The van der Waals surface area contributed by atoms with E-state index in [0.29, 0.717) is 5.69 Å². The van der Waals surface area contributed by atoms with Gasteiger partial charge >= 0.3 is 11.7 Å². The number of aromatic nitrogens is 4. The van der Waals surface area contributed by atoms with Crippen molar-refractivity contribution in [1.29, 1.82) is 0 Å². The zero-order valence-corrected chi connectivity index (χ0v) is 18.2. The predicted molar refractivity (Wildman–Crippen MR) is 123 cm³/mol. The lowest BCUT2D eigenvalue weighted by Crippen LogP contribution is -2.42. The first kappa shape index (κ1) is 22.4. The molecule has 0 amide bonds. The molecule has 4 rings (SSSR count). The van der Waals surface area contributed by atoms with E-state index in [2.05, 4.69) is 5.10 Å². The lowest BCUT2D eigenvalue weighted by atomic mass is 10.1. The molecule has 2 aromatic carbocycles. The number of para-hydroxylation sites is 1. The fourth-order valence-corrected chi connectivity index (χ4v) is 3.48. The van der Waals surface area contributed by atoms with Crippen LogP contribution in [0.1, 0.15) is 20.8 Å². The molecule has 2 N–H and O–H groups in total. The third-order valence-corrected chi connectivity index (χ3v) is 5.32. The second-order valence-electron chi connectivity index (χ2n) is 7.41. The first-order valence-corrected chi connectivity index (χ1v) is 10.1. The molecule has 2 heterocycles. The highest BCUT2D eigenvalue weighted by Gasteiger charge is 2.24. The Hall–Kier alpha value is -4.80. The Bertz CT molecular complexity index is 1630. The van der Waals surface area contributed by atoms with Crippen molar-refractivity contribution in [3.8, 4) is 5.69 Å². The van der Waals surface area contributed by atoms with E-state index in [0.717, 1.165) is 13.8 Å². The smallest absolute Gasteiger partial charge is 0.359 e. The Morgan fingerprint density at radius 2 is 1.50 bits per heavy atom. The number of benzene rings is 2. The van der Waals surface area contributed by atoms with Crippen molar-refractivity contribution in [1.82, 2.24) is 18.9 Å². The number of ketones is 1. The molecule has 0 fully saturated rings. The molecule has 4 aromatic rings. The van der Waals surface area contributed by atoms with Gasteiger partial charge in [0.05, 0.1) is 11.1 Å². The molecule has 34 heavy (non-hydrogen) atoms. The van der Waals surface area contributed by atoms with Gasteiger partial charge in [0.2, 0.25) is 5.78 Å². The Morgan fingerprint density at radius 3 is 2.18 bits per heavy atom. The molecule has 11 heteroatoms. The summed E-state index contributed by atoms with van der Waals surface area (Å²) in [6, 6.07) is 14.9. The van der Waals surface area contributed by atoms with Crippen LogP contribution in [-0.4, -0.2) is 37.3 Å². The second kappa shape index (κ2) is 8.62. The van der Waals surface area contributed by atoms with E-state index in [1.165, 1.54) is 20.2 Å². The van der Waals surface area contributed by atoms with Gasteiger partial charge in [-0.3, -0.25) is 23.5 Å². The van der Waals surface area contributed by atoms with Crippen LogP contribution in [0.2, 0.25) is 0 Å². The summed E-state index contributed by atoms with van der Waals surface area (Å²) < 4.78 is 7.89. The average Bonchev–Trinajstić information content (AvgIpc) is 2.86. The van der Waals surface area contributed by atoms with Crippen molar-refractivity contribution < 1.29 is 14.3 Å². The van der Waals surface area contributed by atoms with Crippen LogP contribution in [0.15, 0.2) is 69.0 Å². The number of nitrogens with two attached hydrogens (primary N) is 1. The number of anilines is 1. The predicted octanol–water partition coefficient (Wildman–Crippen LogP) is 0.405. The van der Waals surface area contributed by atoms with Crippen molar-refractivity contribution in [3.05, 3.63) is 97.0 Å². The minimum atomic E-state index is -0.977. The van der Waals surface area contributed by atoms with E-state index in [-0.39, 0.29) is 22.3 Å². The molecule has 0 radical (unpaired) electrons. The molecule has 0 aliphatic rings. The molecule has 0 unspecified atom stereocenters. The minimum Gasteiger partial charge on any atom is -0.452 e. The Morgan fingerprint density at radius 1 is 0.882 bits per heavy atom. The molecule has 11 nitrogen and oxygen atoms in total. The van der Waals surface area contributed by atoms with E-state index >= 15 is 0 Å². The van der Waals surface area contributed by atoms with Crippen molar-refractivity contribution in [3.63, 3.8) is 0 Å². The first-order chi connectivity index (χ1) is 16.2. The van der Waals surface area contributed by atoms with Gasteiger partial charge in [0.1, 0.15) is 11.4 Å².